The van der Waals surface area contributed by atoms with Crippen molar-refractivity contribution in [1.29, 1.82) is 0 Å². The summed E-state index contributed by atoms with van der Waals surface area (Å²) in [4.78, 5) is 0. The summed E-state index contributed by atoms with van der Waals surface area (Å²) in [6.07, 6.45) is -0.238. The minimum Gasteiger partial charge on any atom is -0.382 e. The molecule has 21 heavy (non-hydrogen) atoms. The van der Waals surface area contributed by atoms with Crippen LogP contribution in [0.15, 0.2) is 60.7 Å². The summed E-state index contributed by atoms with van der Waals surface area (Å²) < 4.78 is 5.90. The lowest BCUT2D eigenvalue weighted by molar-refractivity contribution is -0.0849. The highest BCUT2D eigenvalue weighted by atomic mass is 16.6. The van der Waals surface area contributed by atoms with Gasteiger partial charge in [-0.15, -0.1) is 0 Å². The third-order valence-corrected chi connectivity index (χ3v) is 4.39. The minimum atomic E-state index is -1.01. The van der Waals surface area contributed by atoms with Crippen LogP contribution in [0, 0.1) is 5.41 Å². The van der Waals surface area contributed by atoms with Crippen LogP contribution in [0.4, 0.5) is 0 Å². The van der Waals surface area contributed by atoms with Gasteiger partial charge in [-0.3, -0.25) is 0 Å². The fourth-order valence-electron chi connectivity index (χ4n) is 3.04. The van der Waals surface area contributed by atoms with Gasteiger partial charge in [-0.1, -0.05) is 81.4 Å². The minimum absolute atomic E-state index is 0.0318. The Hall–Kier alpha value is -1.64. The molecule has 2 heteroatoms. The van der Waals surface area contributed by atoms with Gasteiger partial charge in [0.25, 0.3) is 0 Å². The number of benzene rings is 2. The zero-order valence-electron chi connectivity index (χ0n) is 12.8. The summed E-state index contributed by atoms with van der Waals surface area (Å²) in [7, 11) is 0. The number of epoxide rings is 1. The smallest absolute Gasteiger partial charge is 0.123 e. The van der Waals surface area contributed by atoms with Crippen molar-refractivity contribution >= 4 is 0 Å². The standard InChI is InChI=1S/C19H22O2/c1-18(2,3)19(20,15-12-8-5-9-13-15)17-16(21-17)14-10-6-4-7-11-14/h4-13,16-17,20H,1-3H3/t16-,17+,19+/m0/s1. The van der Waals surface area contributed by atoms with Crippen LogP contribution in [-0.4, -0.2) is 11.2 Å². The molecule has 0 amide bonds. The van der Waals surface area contributed by atoms with E-state index in [2.05, 4.69) is 32.9 Å². The van der Waals surface area contributed by atoms with Crippen LogP contribution in [0.1, 0.15) is 38.0 Å². The zero-order chi connectivity index (χ0) is 15.1. The monoisotopic (exact) mass is 282 g/mol. The van der Waals surface area contributed by atoms with E-state index in [1.807, 2.05) is 48.5 Å². The molecule has 1 aliphatic heterocycles. The average molecular weight is 282 g/mol. The maximum atomic E-state index is 11.5. The number of aliphatic hydroxyl groups is 1. The van der Waals surface area contributed by atoms with Crippen LogP contribution in [0.5, 0.6) is 0 Å². The lowest BCUT2D eigenvalue weighted by Gasteiger charge is -2.40. The zero-order valence-corrected chi connectivity index (χ0v) is 12.8. The Morgan fingerprint density at radius 3 is 1.90 bits per heavy atom. The van der Waals surface area contributed by atoms with Crippen molar-refractivity contribution in [2.45, 2.75) is 38.6 Å². The molecule has 1 saturated heterocycles. The van der Waals surface area contributed by atoms with Crippen molar-refractivity contribution < 1.29 is 9.84 Å². The van der Waals surface area contributed by atoms with Crippen LogP contribution in [-0.2, 0) is 10.3 Å². The normalized spacial score (nSPS) is 24.4. The SMILES string of the molecule is CC(C)(C)[C@@](O)(c1ccccc1)[C@@H]1O[C@H]1c1ccccc1. The summed E-state index contributed by atoms with van der Waals surface area (Å²) >= 11 is 0. The quantitative estimate of drug-likeness (QED) is 0.861. The van der Waals surface area contributed by atoms with Crippen LogP contribution in [0.3, 0.4) is 0 Å². The molecule has 0 unspecified atom stereocenters. The summed E-state index contributed by atoms with van der Waals surface area (Å²) in [6, 6.07) is 20.0. The van der Waals surface area contributed by atoms with Gasteiger partial charge < -0.3 is 9.84 Å². The Morgan fingerprint density at radius 2 is 1.38 bits per heavy atom. The Bertz CT molecular complexity index is 600. The molecule has 1 N–H and O–H groups in total. The first-order valence-electron chi connectivity index (χ1n) is 7.43. The van der Waals surface area contributed by atoms with Gasteiger partial charge in [0, 0.05) is 0 Å². The van der Waals surface area contributed by atoms with Crippen LogP contribution >= 0.6 is 0 Å². The Balaban J connectivity index is 1.97. The highest BCUT2D eigenvalue weighted by Gasteiger charge is 2.60. The maximum absolute atomic E-state index is 11.5. The van der Waals surface area contributed by atoms with Gasteiger partial charge in [-0.05, 0) is 16.5 Å². The summed E-state index contributed by atoms with van der Waals surface area (Å²) in [5, 5.41) is 11.5. The second-order valence-corrected chi connectivity index (χ2v) is 6.77. The predicted molar refractivity (Wildman–Crippen MR) is 83.8 cm³/mol. The van der Waals surface area contributed by atoms with Gasteiger partial charge in [0.1, 0.15) is 17.8 Å². The second-order valence-electron chi connectivity index (χ2n) is 6.77. The highest BCUT2D eigenvalue weighted by Crippen LogP contribution is 2.55. The van der Waals surface area contributed by atoms with E-state index in [-0.39, 0.29) is 17.6 Å². The van der Waals surface area contributed by atoms with E-state index in [4.69, 9.17) is 4.74 Å². The molecule has 1 heterocycles. The van der Waals surface area contributed by atoms with Gasteiger partial charge in [0.2, 0.25) is 0 Å². The molecule has 1 fully saturated rings. The van der Waals surface area contributed by atoms with Gasteiger partial charge >= 0.3 is 0 Å². The molecule has 2 nitrogen and oxygen atoms in total. The molecule has 0 radical (unpaired) electrons. The van der Waals surface area contributed by atoms with E-state index in [1.54, 1.807) is 0 Å². The molecule has 0 bridgehead atoms. The van der Waals surface area contributed by atoms with Gasteiger partial charge in [0.05, 0.1) is 0 Å². The fraction of sp³-hybridized carbons (Fsp3) is 0.368. The van der Waals surface area contributed by atoms with Crippen LogP contribution in [0.25, 0.3) is 0 Å². The second kappa shape index (κ2) is 4.97. The van der Waals surface area contributed by atoms with E-state index < -0.39 is 5.60 Å². The van der Waals surface area contributed by atoms with Crippen molar-refractivity contribution in [3.63, 3.8) is 0 Å². The van der Waals surface area contributed by atoms with Gasteiger partial charge in [-0.25, -0.2) is 0 Å². The molecule has 3 atom stereocenters. The lowest BCUT2D eigenvalue weighted by atomic mass is 9.69. The van der Waals surface area contributed by atoms with E-state index in [1.165, 1.54) is 0 Å². The van der Waals surface area contributed by atoms with E-state index >= 15 is 0 Å². The molecule has 3 rings (SSSR count). The molecule has 0 aliphatic carbocycles. The number of ether oxygens (including phenoxy) is 1. The molecular weight excluding hydrogens is 260 g/mol. The maximum Gasteiger partial charge on any atom is 0.123 e. The number of hydrogen-bond donors (Lipinski definition) is 1. The first-order chi connectivity index (χ1) is 9.94. The topological polar surface area (TPSA) is 32.8 Å². The van der Waals surface area contributed by atoms with Crippen molar-refractivity contribution in [3.8, 4) is 0 Å². The summed E-state index contributed by atoms with van der Waals surface area (Å²) in [5.74, 6) is 0. The summed E-state index contributed by atoms with van der Waals surface area (Å²) in [5.41, 5.74) is 0.721. The van der Waals surface area contributed by atoms with E-state index in [9.17, 15) is 5.11 Å². The largest absolute Gasteiger partial charge is 0.382 e. The molecule has 0 aromatic heterocycles. The molecule has 0 saturated carbocycles. The van der Waals surface area contributed by atoms with Gasteiger partial charge in [-0.2, -0.15) is 0 Å². The Labute approximate surface area is 126 Å². The van der Waals surface area contributed by atoms with E-state index in [0.717, 1.165) is 11.1 Å². The van der Waals surface area contributed by atoms with Crippen molar-refractivity contribution in [3.05, 3.63) is 71.8 Å². The Morgan fingerprint density at radius 1 is 0.857 bits per heavy atom. The highest BCUT2D eigenvalue weighted by molar-refractivity contribution is 5.32. The first kappa shape index (κ1) is 14.3. The van der Waals surface area contributed by atoms with Gasteiger partial charge in [0.15, 0.2) is 0 Å². The summed E-state index contributed by atoms with van der Waals surface area (Å²) in [6.45, 7) is 6.18. The molecule has 1 aliphatic rings. The third-order valence-electron chi connectivity index (χ3n) is 4.39. The van der Waals surface area contributed by atoms with Crippen molar-refractivity contribution in [1.82, 2.24) is 0 Å². The Kier molecular flexibility index (Phi) is 3.39. The number of rotatable bonds is 3. The van der Waals surface area contributed by atoms with Crippen molar-refractivity contribution in [2.24, 2.45) is 5.41 Å². The van der Waals surface area contributed by atoms with Crippen LogP contribution in [0.2, 0.25) is 0 Å². The molecule has 110 valence electrons. The van der Waals surface area contributed by atoms with E-state index in [0.29, 0.717) is 0 Å². The lowest BCUT2D eigenvalue weighted by Crippen LogP contribution is -2.45. The molecular formula is C19H22O2. The fourth-order valence-corrected chi connectivity index (χ4v) is 3.04. The molecule has 0 spiro atoms. The molecule has 2 aromatic rings. The first-order valence-corrected chi connectivity index (χ1v) is 7.43. The van der Waals surface area contributed by atoms with Crippen LogP contribution < -0.4 is 0 Å². The third kappa shape index (κ3) is 2.39. The number of hydrogen-bond acceptors (Lipinski definition) is 2. The molecule has 2 aromatic carbocycles. The predicted octanol–water partition coefficient (Wildman–Crippen LogP) is 4.06. The van der Waals surface area contributed by atoms with Crippen molar-refractivity contribution in [2.75, 3.05) is 0 Å². The average Bonchev–Trinajstić information content (AvgIpc) is 3.28.